The van der Waals surface area contributed by atoms with E-state index in [1.54, 1.807) is 0 Å². The van der Waals surface area contributed by atoms with Gasteiger partial charge in [0.15, 0.2) is 28.2 Å². The van der Waals surface area contributed by atoms with Crippen molar-refractivity contribution in [3.63, 3.8) is 0 Å². The fourth-order valence-electron chi connectivity index (χ4n) is 1.60. The van der Waals surface area contributed by atoms with E-state index in [1.807, 2.05) is 0 Å². The Bertz CT molecular complexity index is 640. The van der Waals surface area contributed by atoms with Crippen LogP contribution in [0.5, 0.6) is 0 Å². The van der Waals surface area contributed by atoms with Gasteiger partial charge in [-0.2, -0.15) is 4.31 Å². The van der Waals surface area contributed by atoms with Crippen LogP contribution < -0.4 is 0 Å². The van der Waals surface area contributed by atoms with Crippen molar-refractivity contribution in [2.45, 2.75) is 24.3 Å². The van der Waals surface area contributed by atoms with Crippen LogP contribution in [0.15, 0.2) is 4.90 Å². The third-order valence-corrected chi connectivity index (χ3v) is 4.27. The largest absolute Gasteiger partial charge is 0.389 e. The van der Waals surface area contributed by atoms with Crippen LogP contribution in [0.2, 0.25) is 0 Å². The summed E-state index contributed by atoms with van der Waals surface area (Å²) in [5, 5.41) is 9.49. The highest BCUT2D eigenvalue weighted by atomic mass is 32.2. The Kier molecular flexibility index (Phi) is 4.66. The van der Waals surface area contributed by atoms with Gasteiger partial charge in [0.05, 0.1) is 5.60 Å². The lowest BCUT2D eigenvalue weighted by Gasteiger charge is -2.25. The molecule has 0 bridgehead atoms. The maximum Gasteiger partial charge on any atom is 0.249 e. The highest BCUT2D eigenvalue weighted by Crippen LogP contribution is 2.28. The maximum atomic E-state index is 13.5. The molecule has 0 aliphatic carbocycles. The minimum absolute atomic E-state index is 0.297. The van der Waals surface area contributed by atoms with E-state index in [-0.39, 0.29) is 0 Å². The minimum Gasteiger partial charge on any atom is -0.389 e. The summed E-state index contributed by atoms with van der Waals surface area (Å²) in [6, 6.07) is 0. The molecule has 0 fully saturated rings. The van der Waals surface area contributed by atoms with Crippen molar-refractivity contribution < 1.29 is 35.5 Å². The van der Waals surface area contributed by atoms with Crippen LogP contribution in [0.4, 0.5) is 22.0 Å². The Morgan fingerprint density at radius 2 is 1.29 bits per heavy atom. The average molecular weight is 333 g/mol. The number of hydrogen-bond donors (Lipinski definition) is 1. The van der Waals surface area contributed by atoms with Gasteiger partial charge in [-0.1, -0.05) is 0 Å². The highest BCUT2D eigenvalue weighted by molar-refractivity contribution is 7.89. The van der Waals surface area contributed by atoms with Crippen molar-refractivity contribution in [3.8, 4) is 0 Å². The predicted octanol–water partition coefficient (Wildman–Crippen LogP) is 1.77. The molecule has 0 amide bonds. The molecule has 0 unspecified atom stereocenters. The van der Waals surface area contributed by atoms with Gasteiger partial charge in [-0.05, 0) is 13.8 Å². The van der Waals surface area contributed by atoms with Crippen LogP contribution in [0.3, 0.4) is 0 Å². The number of nitrogens with zero attached hydrogens (tertiary/aromatic N) is 1. The molecule has 10 heteroatoms. The van der Waals surface area contributed by atoms with Gasteiger partial charge in [0, 0.05) is 13.6 Å². The topological polar surface area (TPSA) is 57.6 Å². The molecule has 4 nitrogen and oxygen atoms in total. The molecule has 1 rings (SSSR count). The summed E-state index contributed by atoms with van der Waals surface area (Å²) in [5.41, 5.74) is -1.58. The van der Waals surface area contributed by atoms with Crippen molar-refractivity contribution in [1.29, 1.82) is 0 Å². The lowest BCUT2D eigenvalue weighted by Crippen LogP contribution is -2.40. The fourth-order valence-corrected chi connectivity index (χ4v) is 3.03. The Hall–Kier alpha value is -1.26. The lowest BCUT2D eigenvalue weighted by molar-refractivity contribution is 0.0638. The molecule has 0 atom stereocenters. The summed E-state index contributed by atoms with van der Waals surface area (Å²) in [7, 11) is -4.18. The summed E-state index contributed by atoms with van der Waals surface area (Å²) in [5.74, 6) is -12.1. The lowest BCUT2D eigenvalue weighted by atomic mass is 10.1. The summed E-state index contributed by atoms with van der Waals surface area (Å²) in [4.78, 5) is -1.95. The van der Waals surface area contributed by atoms with E-state index in [4.69, 9.17) is 0 Å². The number of rotatable bonds is 4. The van der Waals surface area contributed by atoms with Crippen LogP contribution in [0.25, 0.3) is 0 Å². The molecule has 0 heterocycles. The van der Waals surface area contributed by atoms with E-state index in [1.165, 1.54) is 13.8 Å². The summed E-state index contributed by atoms with van der Waals surface area (Å²) in [6.07, 6.45) is 0. The summed E-state index contributed by atoms with van der Waals surface area (Å²) < 4.78 is 90.2. The number of halogens is 5. The van der Waals surface area contributed by atoms with Crippen LogP contribution in [-0.2, 0) is 10.0 Å². The van der Waals surface area contributed by atoms with Crippen molar-refractivity contribution in [1.82, 2.24) is 4.31 Å². The van der Waals surface area contributed by atoms with E-state index < -0.39 is 56.2 Å². The first-order valence-electron chi connectivity index (χ1n) is 5.51. The molecule has 0 spiro atoms. The fraction of sp³-hybridized carbons (Fsp3) is 0.455. The predicted molar refractivity (Wildman–Crippen MR) is 62.3 cm³/mol. The number of aliphatic hydroxyl groups is 1. The minimum atomic E-state index is -5.02. The molecule has 21 heavy (non-hydrogen) atoms. The highest BCUT2D eigenvalue weighted by Gasteiger charge is 2.37. The number of sulfonamides is 1. The smallest absolute Gasteiger partial charge is 0.249 e. The molecule has 1 aromatic rings. The molecular formula is C11H12F5NO3S. The molecular weight excluding hydrogens is 321 g/mol. The average Bonchev–Trinajstić information content (AvgIpc) is 2.31. The third kappa shape index (κ3) is 3.33. The standard InChI is InChI=1S/C11H12F5NO3S/c1-11(2,18)4-17(3)21(19,20)10-8(15)6(13)5(12)7(14)9(10)16/h18H,4H2,1-3H3. The van der Waals surface area contributed by atoms with Gasteiger partial charge in [-0.15, -0.1) is 0 Å². The first kappa shape index (κ1) is 17.8. The Morgan fingerprint density at radius 1 is 0.952 bits per heavy atom. The van der Waals surface area contributed by atoms with Gasteiger partial charge in [-0.25, -0.2) is 30.4 Å². The van der Waals surface area contributed by atoms with Gasteiger partial charge < -0.3 is 5.11 Å². The Labute approximate surface area is 117 Å². The first-order chi connectivity index (χ1) is 9.30. The quantitative estimate of drug-likeness (QED) is 0.519. The third-order valence-electron chi connectivity index (χ3n) is 2.45. The SMILES string of the molecule is CN(CC(C)(C)O)S(=O)(=O)c1c(F)c(F)c(F)c(F)c1F. The molecule has 120 valence electrons. The second-order valence-corrected chi connectivity index (χ2v) is 6.95. The molecule has 0 saturated carbocycles. The van der Waals surface area contributed by atoms with Crippen molar-refractivity contribution in [2.24, 2.45) is 0 Å². The zero-order valence-corrected chi connectivity index (χ0v) is 12.0. The van der Waals surface area contributed by atoms with E-state index in [9.17, 15) is 35.5 Å². The van der Waals surface area contributed by atoms with E-state index in [2.05, 4.69) is 0 Å². The number of hydrogen-bond acceptors (Lipinski definition) is 3. The van der Waals surface area contributed by atoms with E-state index in [0.29, 0.717) is 4.31 Å². The summed E-state index contributed by atoms with van der Waals surface area (Å²) >= 11 is 0. The normalized spacial score (nSPS) is 13.0. The van der Waals surface area contributed by atoms with Crippen LogP contribution in [-0.4, -0.2) is 37.0 Å². The van der Waals surface area contributed by atoms with E-state index >= 15 is 0 Å². The maximum absolute atomic E-state index is 13.5. The monoisotopic (exact) mass is 333 g/mol. The van der Waals surface area contributed by atoms with Crippen LogP contribution in [0, 0.1) is 29.1 Å². The van der Waals surface area contributed by atoms with Crippen molar-refractivity contribution in [2.75, 3.05) is 13.6 Å². The van der Waals surface area contributed by atoms with Gasteiger partial charge in [0.25, 0.3) is 0 Å². The molecule has 0 radical (unpaired) electrons. The second kappa shape index (κ2) is 5.50. The van der Waals surface area contributed by atoms with Crippen LogP contribution >= 0.6 is 0 Å². The first-order valence-corrected chi connectivity index (χ1v) is 6.95. The Balaban J connectivity index is 3.53. The van der Waals surface area contributed by atoms with Gasteiger partial charge in [-0.3, -0.25) is 0 Å². The van der Waals surface area contributed by atoms with Gasteiger partial charge in [0.2, 0.25) is 15.8 Å². The van der Waals surface area contributed by atoms with Crippen molar-refractivity contribution in [3.05, 3.63) is 29.1 Å². The molecule has 0 aromatic heterocycles. The van der Waals surface area contributed by atoms with Crippen LogP contribution in [0.1, 0.15) is 13.8 Å². The molecule has 0 saturated heterocycles. The van der Waals surface area contributed by atoms with E-state index in [0.717, 1.165) is 7.05 Å². The molecule has 1 N–H and O–H groups in total. The zero-order valence-electron chi connectivity index (χ0n) is 11.2. The molecule has 0 aliphatic heterocycles. The van der Waals surface area contributed by atoms with Gasteiger partial charge >= 0.3 is 0 Å². The number of benzene rings is 1. The summed E-state index contributed by atoms with van der Waals surface area (Å²) in [6.45, 7) is 1.80. The van der Waals surface area contributed by atoms with Gasteiger partial charge in [0.1, 0.15) is 0 Å². The number of likely N-dealkylation sites (N-methyl/N-ethyl adjacent to an activating group) is 1. The molecule has 0 aliphatic rings. The van der Waals surface area contributed by atoms with Crippen molar-refractivity contribution >= 4 is 10.0 Å². The molecule has 1 aromatic carbocycles. The Morgan fingerprint density at radius 3 is 1.62 bits per heavy atom. The zero-order chi connectivity index (χ0) is 16.7. The second-order valence-electron chi connectivity index (χ2n) is 4.97.